The van der Waals surface area contributed by atoms with E-state index in [0.29, 0.717) is 5.25 Å². The Balaban J connectivity index is 2.29. The molecule has 1 aliphatic rings. The lowest BCUT2D eigenvalue weighted by molar-refractivity contribution is -0.122. The molecule has 0 aliphatic carbocycles. The Labute approximate surface area is 102 Å². The van der Waals surface area contributed by atoms with E-state index in [1.807, 2.05) is 13.8 Å². The maximum atomic E-state index is 11.6. The van der Waals surface area contributed by atoms with E-state index in [0.717, 1.165) is 31.1 Å². The summed E-state index contributed by atoms with van der Waals surface area (Å²) in [6.07, 6.45) is 2.09. The maximum Gasteiger partial charge on any atom is 0.242 e. The van der Waals surface area contributed by atoms with Gasteiger partial charge in [-0.15, -0.1) is 0 Å². The molecular weight excluding hydrogens is 222 g/mol. The second kappa shape index (κ2) is 6.78. The molecule has 0 aromatic carbocycles. The molecule has 2 atom stereocenters. The van der Waals surface area contributed by atoms with Gasteiger partial charge in [0.25, 0.3) is 0 Å². The minimum absolute atomic E-state index is 0.0464. The van der Waals surface area contributed by atoms with Crippen LogP contribution in [0.2, 0.25) is 0 Å². The molecule has 2 unspecified atom stereocenters. The smallest absolute Gasteiger partial charge is 0.242 e. The quantitative estimate of drug-likeness (QED) is 0.767. The summed E-state index contributed by atoms with van der Waals surface area (Å²) in [6.45, 7) is 7.68. The number of amides is 1. The van der Waals surface area contributed by atoms with Gasteiger partial charge in [0.15, 0.2) is 5.17 Å². The van der Waals surface area contributed by atoms with Crippen molar-refractivity contribution in [2.75, 3.05) is 13.1 Å². The number of thioether (sulfide) groups is 1. The molecule has 0 spiro atoms. The van der Waals surface area contributed by atoms with E-state index in [9.17, 15) is 4.79 Å². The summed E-state index contributed by atoms with van der Waals surface area (Å²) in [5, 5.41) is 7.50. The molecule has 0 fully saturated rings. The highest BCUT2D eigenvalue weighted by Crippen LogP contribution is 2.22. The van der Waals surface area contributed by atoms with Gasteiger partial charge in [-0.05, 0) is 19.8 Å². The molecule has 0 aromatic rings. The summed E-state index contributed by atoms with van der Waals surface area (Å²) in [5.41, 5.74) is 0. The van der Waals surface area contributed by atoms with Crippen molar-refractivity contribution in [3.05, 3.63) is 0 Å². The fraction of sp³-hybridized carbons (Fsp3) is 0.818. The number of carbonyl (C=O) groups excluding carboxylic acids is 1. The largest absolute Gasteiger partial charge is 0.354 e. The highest BCUT2D eigenvalue weighted by Gasteiger charge is 2.21. The van der Waals surface area contributed by atoms with Crippen LogP contribution in [0.4, 0.5) is 0 Å². The third-order valence-corrected chi connectivity index (χ3v) is 3.74. The Bertz CT molecular complexity index is 268. The number of rotatable bonds is 5. The van der Waals surface area contributed by atoms with Crippen LogP contribution in [-0.4, -0.2) is 35.5 Å². The van der Waals surface area contributed by atoms with Gasteiger partial charge in [-0.25, -0.2) is 0 Å². The van der Waals surface area contributed by atoms with E-state index < -0.39 is 0 Å². The van der Waals surface area contributed by atoms with Crippen LogP contribution in [0.15, 0.2) is 4.99 Å². The Morgan fingerprint density at radius 2 is 2.38 bits per heavy atom. The first-order valence-corrected chi connectivity index (χ1v) is 6.80. The predicted molar refractivity (Wildman–Crippen MR) is 69.9 cm³/mol. The standard InChI is InChI=1S/C11H21N3OS/c1-4-6-12-10(15)8(3)14-11-13-7-9(5-2)16-11/h8-9H,4-7H2,1-3H3,(H,12,15)(H,13,14). The summed E-state index contributed by atoms with van der Waals surface area (Å²) in [5.74, 6) is 0.0464. The van der Waals surface area contributed by atoms with Gasteiger partial charge in [0.1, 0.15) is 6.04 Å². The third kappa shape index (κ3) is 4.04. The molecule has 16 heavy (non-hydrogen) atoms. The van der Waals surface area contributed by atoms with E-state index in [4.69, 9.17) is 0 Å². The molecule has 0 saturated heterocycles. The van der Waals surface area contributed by atoms with E-state index in [1.54, 1.807) is 11.8 Å². The van der Waals surface area contributed by atoms with Gasteiger partial charge in [0, 0.05) is 11.8 Å². The first kappa shape index (κ1) is 13.4. The molecule has 1 amide bonds. The predicted octanol–water partition coefficient (Wildman–Crippen LogP) is 1.37. The SMILES string of the molecule is CCCNC(=O)C(C)NC1=NCC(CC)S1. The van der Waals surface area contributed by atoms with Crippen molar-refractivity contribution < 1.29 is 4.79 Å². The molecule has 4 nitrogen and oxygen atoms in total. The Hall–Kier alpha value is -0.710. The van der Waals surface area contributed by atoms with Crippen LogP contribution in [0.5, 0.6) is 0 Å². The van der Waals surface area contributed by atoms with Crippen LogP contribution in [0.1, 0.15) is 33.6 Å². The maximum absolute atomic E-state index is 11.6. The van der Waals surface area contributed by atoms with Gasteiger partial charge in [0.05, 0.1) is 6.54 Å². The van der Waals surface area contributed by atoms with Crippen molar-refractivity contribution in [2.24, 2.45) is 4.99 Å². The Kier molecular flexibility index (Phi) is 5.66. The first-order chi connectivity index (χ1) is 7.67. The van der Waals surface area contributed by atoms with Crippen LogP contribution in [-0.2, 0) is 4.79 Å². The summed E-state index contributed by atoms with van der Waals surface area (Å²) < 4.78 is 0. The molecular formula is C11H21N3OS. The Morgan fingerprint density at radius 3 is 2.94 bits per heavy atom. The zero-order chi connectivity index (χ0) is 12.0. The highest BCUT2D eigenvalue weighted by atomic mass is 32.2. The monoisotopic (exact) mass is 243 g/mol. The number of amidine groups is 1. The normalized spacial score (nSPS) is 21.4. The lowest BCUT2D eigenvalue weighted by Crippen LogP contribution is -2.44. The number of aliphatic imine (C=N–C) groups is 1. The van der Waals surface area contributed by atoms with Crippen molar-refractivity contribution in [3.8, 4) is 0 Å². The van der Waals surface area contributed by atoms with Gasteiger partial charge >= 0.3 is 0 Å². The van der Waals surface area contributed by atoms with E-state index in [-0.39, 0.29) is 11.9 Å². The third-order valence-electron chi connectivity index (χ3n) is 2.45. The van der Waals surface area contributed by atoms with Gasteiger partial charge in [-0.2, -0.15) is 0 Å². The average molecular weight is 243 g/mol. The van der Waals surface area contributed by atoms with Gasteiger partial charge in [-0.3, -0.25) is 9.79 Å². The van der Waals surface area contributed by atoms with Crippen LogP contribution in [0.3, 0.4) is 0 Å². The summed E-state index contributed by atoms with van der Waals surface area (Å²) in [7, 11) is 0. The molecule has 1 rings (SSSR count). The minimum Gasteiger partial charge on any atom is -0.354 e. The second-order valence-corrected chi connectivity index (χ2v) is 5.24. The molecule has 92 valence electrons. The molecule has 1 heterocycles. The van der Waals surface area contributed by atoms with Crippen LogP contribution >= 0.6 is 11.8 Å². The van der Waals surface area contributed by atoms with E-state index >= 15 is 0 Å². The van der Waals surface area contributed by atoms with Crippen LogP contribution < -0.4 is 10.6 Å². The second-order valence-electron chi connectivity index (χ2n) is 3.95. The Morgan fingerprint density at radius 1 is 1.62 bits per heavy atom. The van der Waals surface area contributed by atoms with Crippen molar-refractivity contribution in [1.29, 1.82) is 0 Å². The number of hydrogen-bond donors (Lipinski definition) is 2. The average Bonchev–Trinajstić information content (AvgIpc) is 2.73. The zero-order valence-corrected chi connectivity index (χ0v) is 11.1. The number of nitrogens with one attached hydrogen (secondary N) is 2. The summed E-state index contributed by atoms with van der Waals surface area (Å²) in [6, 6.07) is -0.201. The van der Waals surface area contributed by atoms with Crippen molar-refractivity contribution in [3.63, 3.8) is 0 Å². The highest BCUT2D eigenvalue weighted by molar-refractivity contribution is 8.14. The molecule has 0 aromatic heterocycles. The zero-order valence-electron chi connectivity index (χ0n) is 10.2. The topological polar surface area (TPSA) is 53.5 Å². The van der Waals surface area contributed by atoms with Gasteiger partial charge < -0.3 is 10.6 Å². The van der Waals surface area contributed by atoms with E-state index in [1.165, 1.54) is 0 Å². The fourth-order valence-electron chi connectivity index (χ4n) is 1.36. The van der Waals surface area contributed by atoms with Gasteiger partial charge in [0.2, 0.25) is 5.91 Å². The molecule has 0 radical (unpaired) electrons. The lowest BCUT2D eigenvalue weighted by Gasteiger charge is -2.14. The molecule has 0 saturated carbocycles. The van der Waals surface area contributed by atoms with Crippen molar-refractivity contribution in [1.82, 2.24) is 10.6 Å². The lowest BCUT2D eigenvalue weighted by atomic mass is 10.3. The summed E-state index contributed by atoms with van der Waals surface area (Å²) >= 11 is 1.74. The molecule has 1 aliphatic heterocycles. The summed E-state index contributed by atoms with van der Waals surface area (Å²) in [4.78, 5) is 16.0. The minimum atomic E-state index is -0.201. The van der Waals surface area contributed by atoms with Crippen LogP contribution in [0.25, 0.3) is 0 Å². The number of carbonyl (C=O) groups is 1. The number of nitrogens with zero attached hydrogens (tertiary/aromatic N) is 1. The molecule has 2 N–H and O–H groups in total. The van der Waals surface area contributed by atoms with Crippen LogP contribution in [0, 0.1) is 0 Å². The van der Waals surface area contributed by atoms with E-state index in [2.05, 4.69) is 22.5 Å². The van der Waals surface area contributed by atoms with Gasteiger partial charge in [-0.1, -0.05) is 25.6 Å². The first-order valence-electron chi connectivity index (χ1n) is 5.92. The molecule has 5 heteroatoms. The molecule has 0 bridgehead atoms. The van der Waals surface area contributed by atoms with Crippen molar-refractivity contribution in [2.45, 2.75) is 44.9 Å². The fourth-order valence-corrected chi connectivity index (χ4v) is 2.39. The van der Waals surface area contributed by atoms with Crippen molar-refractivity contribution >= 4 is 22.8 Å². The number of hydrogen-bond acceptors (Lipinski definition) is 4.